The molecule has 0 spiro atoms. The van der Waals surface area contributed by atoms with Crippen LogP contribution in [-0.2, 0) is 0 Å². The molecule has 0 bridgehead atoms. The molecule has 2 atom stereocenters. The van der Waals surface area contributed by atoms with Crippen LogP contribution in [0.25, 0.3) is 16.6 Å². The number of hydrogen-bond donors (Lipinski definition) is 1. The third-order valence-corrected chi connectivity index (χ3v) is 5.74. The number of benzene rings is 2. The Morgan fingerprint density at radius 3 is 2.67 bits per heavy atom. The van der Waals surface area contributed by atoms with Crippen LogP contribution in [0.3, 0.4) is 0 Å². The van der Waals surface area contributed by atoms with Crippen LogP contribution in [-0.4, -0.2) is 40.1 Å². The first-order valence-corrected chi connectivity index (χ1v) is 10.1. The maximum atomic E-state index is 13.4. The zero-order valence-corrected chi connectivity index (χ0v) is 17.1. The van der Waals surface area contributed by atoms with Crippen molar-refractivity contribution in [1.29, 1.82) is 0 Å². The minimum atomic E-state index is -0.0204. The predicted octanol–water partition coefficient (Wildman–Crippen LogP) is 3.50. The van der Waals surface area contributed by atoms with E-state index in [-0.39, 0.29) is 11.6 Å². The topological polar surface area (TPSA) is 50.2 Å². The van der Waals surface area contributed by atoms with Crippen molar-refractivity contribution in [2.45, 2.75) is 25.9 Å². The number of piperazine rings is 1. The van der Waals surface area contributed by atoms with E-state index in [1.807, 2.05) is 48.5 Å². The Morgan fingerprint density at radius 1 is 1.19 bits per heavy atom. The molecule has 1 aliphatic heterocycles. The minimum Gasteiger partial charge on any atom is -0.312 e. The number of nitrogens with one attached hydrogen (secondary N) is 1. The summed E-state index contributed by atoms with van der Waals surface area (Å²) in [6, 6.07) is 15.9. The van der Waals surface area contributed by atoms with Crippen molar-refractivity contribution in [2.24, 2.45) is 0 Å². The van der Waals surface area contributed by atoms with Gasteiger partial charge in [0.15, 0.2) is 0 Å². The molecule has 1 aromatic heterocycles. The quantitative estimate of drug-likeness (QED) is 0.695. The fourth-order valence-corrected chi connectivity index (χ4v) is 4.01. The van der Waals surface area contributed by atoms with Gasteiger partial charge in [-0.3, -0.25) is 14.3 Å². The van der Waals surface area contributed by atoms with E-state index in [1.54, 1.807) is 4.57 Å². The Bertz CT molecular complexity index is 1010. The van der Waals surface area contributed by atoms with E-state index in [4.69, 9.17) is 4.98 Å². The van der Waals surface area contributed by atoms with E-state index in [9.17, 15) is 4.79 Å². The highest BCUT2D eigenvalue weighted by molar-refractivity contribution is 9.10. The van der Waals surface area contributed by atoms with Gasteiger partial charge >= 0.3 is 0 Å². The fraction of sp³-hybridized carbons (Fsp3) is 0.333. The molecule has 1 fully saturated rings. The Balaban J connectivity index is 1.91. The van der Waals surface area contributed by atoms with Crippen LogP contribution >= 0.6 is 15.9 Å². The minimum absolute atomic E-state index is 0.0204. The van der Waals surface area contributed by atoms with Gasteiger partial charge in [-0.2, -0.15) is 0 Å². The largest absolute Gasteiger partial charge is 0.312 e. The third kappa shape index (κ3) is 3.57. The summed E-state index contributed by atoms with van der Waals surface area (Å²) in [6.07, 6.45) is 0. The molecule has 1 saturated heterocycles. The number of nitrogens with zero attached hydrogens (tertiary/aromatic N) is 3. The number of halogens is 1. The second-order valence-corrected chi connectivity index (χ2v) is 8.05. The van der Waals surface area contributed by atoms with Gasteiger partial charge < -0.3 is 5.32 Å². The molecule has 2 aromatic carbocycles. The van der Waals surface area contributed by atoms with Gasteiger partial charge in [-0.15, -0.1) is 0 Å². The molecule has 4 rings (SSSR count). The molecule has 5 nitrogen and oxygen atoms in total. The molecule has 0 saturated carbocycles. The first kappa shape index (κ1) is 18.3. The van der Waals surface area contributed by atoms with Crippen molar-refractivity contribution < 1.29 is 0 Å². The van der Waals surface area contributed by atoms with Crippen molar-refractivity contribution in [1.82, 2.24) is 19.8 Å². The normalized spacial score (nSPS) is 19.3. The lowest BCUT2D eigenvalue weighted by molar-refractivity contribution is 0.152. The van der Waals surface area contributed by atoms with Gasteiger partial charge in [-0.25, -0.2) is 4.98 Å². The molecule has 3 aromatic rings. The zero-order chi connectivity index (χ0) is 19.0. The summed E-state index contributed by atoms with van der Waals surface area (Å²) < 4.78 is 2.75. The summed E-state index contributed by atoms with van der Waals surface area (Å²) in [5, 5.41) is 4.12. The van der Waals surface area contributed by atoms with Crippen LogP contribution in [0.15, 0.2) is 57.8 Å². The van der Waals surface area contributed by atoms with Crippen molar-refractivity contribution in [3.8, 4) is 5.69 Å². The highest BCUT2D eigenvalue weighted by Crippen LogP contribution is 2.24. The van der Waals surface area contributed by atoms with Crippen molar-refractivity contribution in [3.63, 3.8) is 0 Å². The molecule has 0 aliphatic carbocycles. The highest BCUT2D eigenvalue weighted by Gasteiger charge is 2.26. The first-order chi connectivity index (χ1) is 13.0. The lowest BCUT2D eigenvalue weighted by Crippen LogP contribution is -2.50. The van der Waals surface area contributed by atoms with Gasteiger partial charge in [0.2, 0.25) is 0 Å². The van der Waals surface area contributed by atoms with Crippen LogP contribution in [0, 0.1) is 0 Å². The summed E-state index contributed by atoms with van der Waals surface area (Å²) in [6.45, 7) is 7.15. The lowest BCUT2D eigenvalue weighted by Gasteiger charge is -2.36. The van der Waals surface area contributed by atoms with Crippen molar-refractivity contribution in [2.75, 3.05) is 19.6 Å². The molecule has 2 unspecified atom stereocenters. The van der Waals surface area contributed by atoms with Crippen LogP contribution in [0.4, 0.5) is 0 Å². The van der Waals surface area contributed by atoms with Gasteiger partial charge in [0.25, 0.3) is 5.56 Å². The highest BCUT2D eigenvalue weighted by atomic mass is 79.9. The van der Waals surface area contributed by atoms with Gasteiger partial charge in [0, 0.05) is 30.1 Å². The van der Waals surface area contributed by atoms with Crippen LogP contribution < -0.4 is 10.9 Å². The number of aromatic nitrogens is 2. The van der Waals surface area contributed by atoms with Gasteiger partial charge in [0.1, 0.15) is 5.82 Å². The lowest BCUT2D eigenvalue weighted by atomic mass is 10.1. The molecule has 6 heteroatoms. The van der Waals surface area contributed by atoms with Gasteiger partial charge in [-0.1, -0.05) is 28.1 Å². The molecular weight excluding hydrogens is 404 g/mol. The summed E-state index contributed by atoms with van der Waals surface area (Å²) >= 11 is 3.47. The van der Waals surface area contributed by atoms with E-state index < -0.39 is 0 Å². The number of rotatable bonds is 3. The average molecular weight is 427 g/mol. The summed E-state index contributed by atoms with van der Waals surface area (Å²) in [5.41, 5.74) is 1.57. The number of fused-ring (bicyclic) bond motifs is 1. The molecule has 1 aliphatic rings. The van der Waals surface area contributed by atoms with E-state index >= 15 is 0 Å². The number of para-hydroxylation sites is 1. The summed E-state index contributed by atoms with van der Waals surface area (Å²) in [4.78, 5) is 20.7. The molecule has 140 valence electrons. The fourth-order valence-electron chi connectivity index (χ4n) is 3.75. The third-order valence-electron chi connectivity index (χ3n) is 5.21. The SMILES string of the molecule is CC1CN(C(C)c2nc3ccccc3c(=O)n2-c2ccc(Br)cc2)CCN1. The Hall–Kier alpha value is -2.02. The predicted molar refractivity (Wildman–Crippen MR) is 112 cm³/mol. The monoisotopic (exact) mass is 426 g/mol. The standard InChI is InChI=1S/C21H23BrN4O/c1-14-13-25(12-11-23-14)15(2)20-24-19-6-4-3-5-18(19)21(27)26(20)17-9-7-16(22)8-10-17/h3-10,14-15,23H,11-13H2,1-2H3. The number of hydrogen-bond acceptors (Lipinski definition) is 4. The van der Waals surface area contributed by atoms with Crippen LogP contribution in [0.2, 0.25) is 0 Å². The van der Waals surface area contributed by atoms with E-state index in [0.717, 1.165) is 41.1 Å². The summed E-state index contributed by atoms with van der Waals surface area (Å²) in [5.74, 6) is 0.787. The molecule has 0 amide bonds. The Morgan fingerprint density at radius 2 is 1.93 bits per heavy atom. The molecule has 2 heterocycles. The molecule has 1 N–H and O–H groups in total. The van der Waals surface area contributed by atoms with Gasteiger partial charge in [0.05, 0.1) is 22.6 Å². The zero-order valence-electron chi connectivity index (χ0n) is 15.5. The maximum Gasteiger partial charge on any atom is 0.266 e. The van der Waals surface area contributed by atoms with E-state index in [2.05, 4.69) is 40.0 Å². The molecule has 27 heavy (non-hydrogen) atoms. The smallest absolute Gasteiger partial charge is 0.266 e. The first-order valence-electron chi connectivity index (χ1n) is 9.29. The van der Waals surface area contributed by atoms with E-state index in [0.29, 0.717) is 11.4 Å². The maximum absolute atomic E-state index is 13.4. The molecular formula is C21H23BrN4O. The van der Waals surface area contributed by atoms with Gasteiger partial charge in [-0.05, 0) is 50.2 Å². The van der Waals surface area contributed by atoms with Crippen molar-refractivity contribution in [3.05, 3.63) is 69.2 Å². The van der Waals surface area contributed by atoms with E-state index in [1.165, 1.54) is 0 Å². The Labute approximate surface area is 167 Å². The Kier molecular flexibility index (Phi) is 5.12. The molecule has 0 radical (unpaired) electrons. The van der Waals surface area contributed by atoms with Crippen LogP contribution in [0.5, 0.6) is 0 Å². The van der Waals surface area contributed by atoms with Crippen LogP contribution in [0.1, 0.15) is 25.7 Å². The average Bonchev–Trinajstić information content (AvgIpc) is 2.68. The second kappa shape index (κ2) is 7.54. The second-order valence-electron chi connectivity index (χ2n) is 7.13. The van der Waals surface area contributed by atoms with Crippen molar-refractivity contribution >= 4 is 26.8 Å². The summed E-state index contributed by atoms with van der Waals surface area (Å²) in [7, 11) is 0.